The van der Waals surface area contributed by atoms with Crippen LogP contribution < -0.4 is 11.1 Å². The predicted molar refractivity (Wildman–Crippen MR) is 81.5 cm³/mol. The van der Waals surface area contributed by atoms with Crippen molar-refractivity contribution in [3.8, 4) is 11.8 Å². The molecule has 1 aromatic carbocycles. The molecule has 108 valence electrons. The number of carbonyl (C=O) groups is 1. The molecule has 0 saturated heterocycles. The maximum Gasteiger partial charge on any atom is 0.270 e. The molecule has 21 heavy (non-hydrogen) atoms. The average molecular weight is 282 g/mol. The number of nitrogens with zero attached hydrogens (tertiary/aromatic N) is 2. The minimum absolute atomic E-state index is 0.0936. The van der Waals surface area contributed by atoms with E-state index in [2.05, 4.69) is 22.3 Å². The quantitative estimate of drug-likeness (QED) is 0.831. The topological polar surface area (TPSA) is 72.9 Å². The molecule has 2 aromatic rings. The second-order valence-corrected chi connectivity index (χ2v) is 4.66. The molecule has 1 atom stereocenters. The monoisotopic (exact) mass is 282 g/mol. The van der Waals surface area contributed by atoms with Crippen molar-refractivity contribution in [2.24, 2.45) is 12.8 Å². The van der Waals surface area contributed by atoms with Crippen molar-refractivity contribution in [3.05, 3.63) is 53.3 Å². The lowest BCUT2D eigenvalue weighted by molar-refractivity contribution is 0.0930. The normalized spacial score (nSPS) is 11.4. The number of aryl methyl sites for hydroxylation is 1. The summed E-state index contributed by atoms with van der Waals surface area (Å²) in [5.41, 5.74) is 7.80. The van der Waals surface area contributed by atoms with E-state index in [1.54, 1.807) is 24.0 Å². The van der Waals surface area contributed by atoms with Crippen LogP contribution in [-0.4, -0.2) is 22.2 Å². The van der Waals surface area contributed by atoms with E-state index in [0.717, 1.165) is 11.1 Å². The summed E-state index contributed by atoms with van der Waals surface area (Å²) in [6.07, 6.45) is 1.60. The zero-order valence-corrected chi connectivity index (χ0v) is 12.1. The minimum atomic E-state index is -0.144. The molecule has 0 aliphatic carbocycles. The molecule has 3 N–H and O–H groups in total. The van der Waals surface area contributed by atoms with E-state index in [-0.39, 0.29) is 11.9 Å². The highest BCUT2D eigenvalue weighted by atomic mass is 16.2. The largest absolute Gasteiger partial charge is 0.344 e. The molecule has 5 heteroatoms. The van der Waals surface area contributed by atoms with Crippen LogP contribution in [0.1, 0.15) is 34.6 Å². The zero-order valence-electron chi connectivity index (χ0n) is 12.1. The Balaban J connectivity index is 2.05. The van der Waals surface area contributed by atoms with Gasteiger partial charge < -0.3 is 11.1 Å². The van der Waals surface area contributed by atoms with Gasteiger partial charge in [-0.05, 0) is 30.7 Å². The Morgan fingerprint density at radius 2 is 2.10 bits per heavy atom. The maximum atomic E-state index is 12.1. The van der Waals surface area contributed by atoms with E-state index in [4.69, 9.17) is 5.73 Å². The van der Waals surface area contributed by atoms with Gasteiger partial charge in [0.2, 0.25) is 0 Å². The average Bonchev–Trinajstić information content (AvgIpc) is 2.91. The van der Waals surface area contributed by atoms with Crippen molar-refractivity contribution < 1.29 is 4.79 Å². The number of nitrogens with one attached hydrogen (secondary N) is 1. The molecule has 0 spiro atoms. The number of amides is 1. The van der Waals surface area contributed by atoms with Crippen molar-refractivity contribution in [2.75, 3.05) is 6.54 Å². The Labute approximate surface area is 124 Å². The van der Waals surface area contributed by atoms with E-state index < -0.39 is 0 Å². The molecular formula is C16H18N4O. The third kappa shape index (κ3) is 3.71. The van der Waals surface area contributed by atoms with Crippen molar-refractivity contribution in [1.82, 2.24) is 15.1 Å². The smallest absolute Gasteiger partial charge is 0.270 e. The van der Waals surface area contributed by atoms with Crippen LogP contribution in [0.5, 0.6) is 0 Å². The first-order valence-corrected chi connectivity index (χ1v) is 6.69. The molecule has 5 nitrogen and oxygen atoms in total. The van der Waals surface area contributed by atoms with Crippen LogP contribution in [0.4, 0.5) is 0 Å². The zero-order chi connectivity index (χ0) is 15.2. The molecule has 0 fully saturated rings. The fourth-order valence-electron chi connectivity index (χ4n) is 1.96. The van der Waals surface area contributed by atoms with Crippen LogP contribution in [0, 0.1) is 11.8 Å². The van der Waals surface area contributed by atoms with Gasteiger partial charge in [-0.3, -0.25) is 9.48 Å². The highest BCUT2D eigenvalue weighted by Crippen LogP contribution is 2.14. The van der Waals surface area contributed by atoms with Gasteiger partial charge in [-0.1, -0.05) is 24.0 Å². The first-order valence-electron chi connectivity index (χ1n) is 6.69. The molecular weight excluding hydrogens is 264 g/mol. The Morgan fingerprint density at radius 3 is 2.67 bits per heavy atom. The summed E-state index contributed by atoms with van der Waals surface area (Å²) < 4.78 is 1.55. The number of hydrogen-bond acceptors (Lipinski definition) is 3. The number of aromatic nitrogens is 2. The van der Waals surface area contributed by atoms with E-state index in [1.807, 2.05) is 31.2 Å². The van der Waals surface area contributed by atoms with E-state index in [9.17, 15) is 4.79 Å². The fourth-order valence-corrected chi connectivity index (χ4v) is 1.96. The Kier molecular flexibility index (Phi) is 4.75. The molecule has 2 rings (SSSR count). The van der Waals surface area contributed by atoms with Gasteiger partial charge in [0.25, 0.3) is 5.91 Å². The molecule has 0 bridgehead atoms. The third-order valence-corrected chi connectivity index (χ3v) is 3.15. The molecule has 1 unspecified atom stereocenters. The van der Waals surface area contributed by atoms with Crippen LogP contribution in [0.3, 0.4) is 0 Å². The summed E-state index contributed by atoms with van der Waals surface area (Å²) in [5, 5.41) is 6.93. The lowest BCUT2D eigenvalue weighted by Crippen LogP contribution is -2.28. The molecule has 1 heterocycles. The number of rotatable bonds is 3. The number of hydrogen-bond donors (Lipinski definition) is 2. The first-order chi connectivity index (χ1) is 10.1. The van der Waals surface area contributed by atoms with Gasteiger partial charge in [0.1, 0.15) is 5.69 Å². The fraction of sp³-hybridized carbons (Fsp3) is 0.250. The van der Waals surface area contributed by atoms with Crippen LogP contribution in [0.15, 0.2) is 36.5 Å². The van der Waals surface area contributed by atoms with Gasteiger partial charge in [0.15, 0.2) is 0 Å². The summed E-state index contributed by atoms with van der Waals surface area (Å²) in [6.45, 7) is 2.29. The molecule has 0 aliphatic heterocycles. The second-order valence-electron chi connectivity index (χ2n) is 4.66. The summed E-state index contributed by atoms with van der Waals surface area (Å²) in [5.74, 6) is 5.63. The van der Waals surface area contributed by atoms with Crippen molar-refractivity contribution in [1.29, 1.82) is 0 Å². The molecule has 0 saturated carbocycles. The van der Waals surface area contributed by atoms with Crippen LogP contribution in [-0.2, 0) is 7.05 Å². The summed E-state index contributed by atoms with van der Waals surface area (Å²) in [4.78, 5) is 12.1. The van der Waals surface area contributed by atoms with Gasteiger partial charge in [-0.15, -0.1) is 0 Å². The summed E-state index contributed by atoms with van der Waals surface area (Å²) in [6, 6.07) is 9.34. The van der Waals surface area contributed by atoms with Crippen molar-refractivity contribution in [3.63, 3.8) is 0 Å². The van der Waals surface area contributed by atoms with Gasteiger partial charge in [-0.2, -0.15) is 5.10 Å². The second kappa shape index (κ2) is 6.73. The molecule has 0 aliphatic rings. The first kappa shape index (κ1) is 14.8. The van der Waals surface area contributed by atoms with Gasteiger partial charge in [0.05, 0.1) is 12.6 Å². The molecule has 1 amide bonds. The van der Waals surface area contributed by atoms with Crippen LogP contribution in [0.25, 0.3) is 0 Å². The number of nitrogens with two attached hydrogens (primary N) is 1. The van der Waals surface area contributed by atoms with Crippen LogP contribution in [0.2, 0.25) is 0 Å². The lowest BCUT2D eigenvalue weighted by atomic mass is 10.1. The Bertz CT molecular complexity index is 676. The lowest BCUT2D eigenvalue weighted by Gasteiger charge is -2.14. The van der Waals surface area contributed by atoms with Gasteiger partial charge >= 0.3 is 0 Å². The predicted octanol–water partition coefficient (Wildman–Crippen LogP) is 1.22. The molecule has 0 radical (unpaired) electrons. The van der Waals surface area contributed by atoms with E-state index >= 15 is 0 Å². The minimum Gasteiger partial charge on any atom is -0.344 e. The summed E-state index contributed by atoms with van der Waals surface area (Å²) >= 11 is 0. The van der Waals surface area contributed by atoms with Crippen molar-refractivity contribution >= 4 is 5.91 Å². The Morgan fingerprint density at radius 1 is 1.38 bits per heavy atom. The standard InChI is InChI=1S/C16H18N4O/c1-12(19-16(21)15-9-11-18-20(15)2)14-7-5-13(6-8-14)4-3-10-17/h5-9,11-12H,10,17H2,1-2H3,(H,19,21). The highest BCUT2D eigenvalue weighted by molar-refractivity contribution is 5.92. The van der Waals surface area contributed by atoms with Gasteiger partial charge in [-0.25, -0.2) is 0 Å². The highest BCUT2D eigenvalue weighted by Gasteiger charge is 2.13. The number of carbonyl (C=O) groups excluding carboxylic acids is 1. The van der Waals surface area contributed by atoms with Crippen LogP contribution >= 0.6 is 0 Å². The SMILES string of the molecule is CC(NC(=O)c1ccnn1C)c1ccc(C#CCN)cc1. The third-order valence-electron chi connectivity index (χ3n) is 3.15. The van der Waals surface area contributed by atoms with Crippen molar-refractivity contribution in [2.45, 2.75) is 13.0 Å². The summed E-state index contributed by atoms with van der Waals surface area (Å²) in [7, 11) is 1.74. The molecule has 1 aromatic heterocycles. The van der Waals surface area contributed by atoms with Gasteiger partial charge in [0, 0.05) is 18.8 Å². The van der Waals surface area contributed by atoms with E-state index in [0.29, 0.717) is 12.2 Å². The maximum absolute atomic E-state index is 12.1. The number of benzene rings is 1. The Hall–Kier alpha value is -2.58. The van der Waals surface area contributed by atoms with E-state index in [1.165, 1.54) is 0 Å².